The highest BCUT2D eigenvalue weighted by Crippen LogP contribution is 2.20. The van der Waals surface area contributed by atoms with Crippen molar-refractivity contribution in [3.8, 4) is 0 Å². The third-order valence-corrected chi connectivity index (χ3v) is 3.61. The van der Waals surface area contributed by atoms with E-state index in [4.69, 9.17) is 17.0 Å². The van der Waals surface area contributed by atoms with Crippen LogP contribution < -0.4 is 0 Å². The number of aromatic nitrogens is 1. The number of thiocarbonyl (C=S) groups is 1. The molecule has 0 amide bonds. The molecule has 22 heavy (non-hydrogen) atoms. The number of hydrogen-bond acceptors (Lipinski definition) is 4. The molecule has 0 radical (unpaired) electrons. The number of fused-ring (bicyclic) bond motifs is 1. The quantitative estimate of drug-likeness (QED) is 0.767. The summed E-state index contributed by atoms with van der Waals surface area (Å²) >= 11 is 5.01. The Hall–Kier alpha value is -2.21. The molecule has 116 valence electrons. The van der Waals surface area contributed by atoms with Crippen molar-refractivity contribution in [1.29, 1.82) is 0 Å². The molecule has 1 aromatic heterocycles. The van der Waals surface area contributed by atoms with Crippen molar-refractivity contribution in [1.82, 2.24) is 4.98 Å². The Labute approximate surface area is 133 Å². The van der Waals surface area contributed by atoms with Crippen LogP contribution in [-0.4, -0.2) is 33.0 Å². The fraction of sp³-hybridized carbons (Fsp3) is 0.312. The van der Waals surface area contributed by atoms with Crippen molar-refractivity contribution in [3.05, 3.63) is 36.0 Å². The normalized spacial score (nSPS) is 12.0. The number of carboxylic acid groups (broad SMARTS) is 1. The molecule has 0 bridgehead atoms. The maximum atomic E-state index is 11.4. The molecule has 0 aliphatic heterocycles. The molecule has 2 N–H and O–H groups in total. The Morgan fingerprint density at radius 2 is 2.05 bits per heavy atom. The fourth-order valence-electron chi connectivity index (χ4n) is 2.18. The maximum Gasteiger partial charge on any atom is 0.345 e. The van der Waals surface area contributed by atoms with Crippen molar-refractivity contribution >= 4 is 39.9 Å². The van der Waals surface area contributed by atoms with Gasteiger partial charge in [-0.3, -0.25) is 0 Å². The van der Waals surface area contributed by atoms with Gasteiger partial charge in [0.1, 0.15) is 5.78 Å². The van der Waals surface area contributed by atoms with E-state index in [0.717, 1.165) is 16.5 Å². The Balaban J connectivity index is 2.07. The number of para-hydroxylation sites is 1. The number of carbonyl (C=O) groups excluding carboxylic acids is 1. The smallest absolute Gasteiger partial charge is 0.345 e. The van der Waals surface area contributed by atoms with Crippen LogP contribution in [-0.2, 0) is 20.7 Å². The lowest BCUT2D eigenvalue weighted by Gasteiger charge is -2.15. The minimum absolute atomic E-state index is 0.00514. The van der Waals surface area contributed by atoms with Crippen LogP contribution in [0.15, 0.2) is 30.5 Å². The first kappa shape index (κ1) is 16.2. The van der Waals surface area contributed by atoms with E-state index in [1.54, 1.807) is 6.20 Å². The van der Waals surface area contributed by atoms with Crippen molar-refractivity contribution in [2.45, 2.75) is 32.3 Å². The number of carbonyl (C=O) groups is 2. The van der Waals surface area contributed by atoms with Gasteiger partial charge in [0, 0.05) is 36.4 Å². The molecule has 0 aliphatic carbocycles. The summed E-state index contributed by atoms with van der Waals surface area (Å²) in [6, 6.07) is 7.65. The van der Waals surface area contributed by atoms with Gasteiger partial charge in [0.2, 0.25) is 0 Å². The molecule has 6 heteroatoms. The van der Waals surface area contributed by atoms with Gasteiger partial charge >= 0.3 is 5.97 Å². The van der Waals surface area contributed by atoms with Crippen LogP contribution in [0.3, 0.4) is 0 Å². The van der Waals surface area contributed by atoms with Gasteiger partial charge in [-0.25, -0.2) is 4.79 Å². The maximum absolute atomic E-state index is 11.4. The van der Waals surface area contributed by atoms with Crippen LogP contribution in [0.4, 0.5) is 0 Å². The highest BCUT2D eigenvalue weighted by atomic mass is 32.1. The minimum Gasteiger partial charge on any atom is -0.478 e. The first-order valence-corrected chi connectivity index (χ1v) is 7.35. The van der Waals surface area contributed by atoms with Gasteiger partial charge in [-0.2, -0.15) is 0 Å². The van der Waals surface area contributed by atoms with Crippen molar-refractivity contribution < 1.29 is 19.4 Å². The van der Waals surface area contributed by atoms with E-state index in [-0.39, 0.29) is 30.1 Å². The number of carboxylic acids is 1. The van der Waals surface area contributed by atoms with E-state index in [1.807, 2.05) is 24.3 Å². The topological polar surface area (TPSA) is 79.4 Å². The van der Waals surface area contributed by atoms with Crippen LogP contribution in [0.5, 0.6) is 0 Å². The number of aliphatic carboxylic acids is 1. The largest absolute Gasteiger partial charge is 0.478 e. The molecular formula is C16H17NO4S. The lowest BCUT2D eigenvalue weighted by molar-refractivity contribution is -0.145. The molecule has 0 saturated heterocycles. The Kier molecular flexibility index (Phi) is 5.27. The number of H-pyrrole nitrogens is 1. The molecule has 1 unspecified atom stereocenters. The van der Waals surface area contributed by atoms with E-state index in [0.29, 0.717) is 0 Å². The lowest BCUT2D eigenvalue weighted by Crippen LogP contribution is -2.28. The molecule has 0 saturated carbocycles. The molecule has 1 atom stereocenters. The van der Waals surface area contributed by atoms with Crippen molar-refractivity contribution in [2.24, 2.45) is 0 Å². The average molecular weight is 319 g/mol. The number of hydrogen-bond donors (Lipinski definition) is 2. The van der Waals surface area contributed by atoms with E-state index < -0.39 is 12.1 Å². The summed E-state index contributed by atoms with van der Waals surface area (Å²) in [6.07, 6.45) is 1.46. The predicted molar refractivity (Wildman–Crippen MR) is 87.0 cm³/mol. The second-order valence-electron chi connectivity index (χ2n) is 5.08. The SMILES string of the molecule is CC(=O)CCC(=S)OC(Cc1c[nH]c2ccccc12)C(=O)O. The number of aromatic amines is 1. The van der Waals surface area contributed by atoms with Crippen LogP contribution in [0.1, 0.15) is 25.3 Å². The van der Waals surface area contributed by atoms with Crippen molar-refractivity contribution in [3.63, 3.8) is 0 Å². The van der Waals surface area contributed by atoms with Crippen LogP contribution in [0.2, 0.25) is 0 Å². The summed E-state index contributed by atoms with van der Waals surface area (Å²) in [5.41, 5.74) is 1.80. The van der Waals surface area contributed by atoms with E-state index in [2.05, 4.69) is 4.98 Å². The number of ether oxygens (including phenoxy) is 1. The van der Waals surface area contributed by atoms with Gasteiger partial charge in [-0.15, -0.1) is 0 Å². The second-order valence-corrected chi connectivity index (χ2v) is 5.54. The standard InChI is InChI=1S/C16H17NO4S/c1-10(18)6-7-15(22)21-14(16(19)20)8-11-9-17-13-5-3-2-4-12(11)13/h2-5,9,14,17H,6-8H2,1H3,(H,19,20). The van der Waals surface area contributed by atoms with Crippen molar-refractivity contribution in [2.75, 3.05) is 0 Å². The third kappa shape index (κ3) is 4.14. The summed E-state index contributed by atoms with van der Waals surface area (Å²) in [5.74, 6) is -1.08. The number of rotatable bonds is 7. The second kappa shape index (κ2) is 7.17. The molecule has 2 rings (SSSR count). The molecule has 0 aliphatic rings. The average Bonchev–Trinajstić information content (AvgIpc) is 2.87. The Morgan fingerprint density at radius 1 is 1.32 bits per heavy atom. The van der Waals surface area contributed by atoms with Crippen LogP contribution in [0, 0.1) is 0 Å². The number of Topliss-reactive ketones (excluding diaryl/α,β-unsaturated/α-hetero) is 1. The van der Waals surface area contributed by atoms with Gasteiger partial charge in [-0.05, 0) is 30.8 Å². The molecule has 1 heterocycles. The molecule has 1 aromatic carbocycles. The predicted octanol–water partition coefficient (Wildman–Crippen LogP) is 2.88. The van der Waals surface area contributed by atoms with E-state index in [1.165, 1.54) is 6.92 Å². The molecule has 0 fully saturated rings. The third-order valence-electron chi connectivity index (χ3n) is 3.31. The Bertz CT molecular complexity index is 707. The van der Waals surface area contributed by atoms with Gasteiger partial charge in [0.25, 0.3) is 0 Å². The number of benzene rings is 1. The molecular weight excluding hydrogens is 302 g/mol. The number of ketones is 1. The monoisotopic (exact) mass is 319 g/mol. The molecule has 2 aromatic rings. The summed E-state index contributed by atoms with van der Waals surface area (Å²) < 4.78 is 5.35. The van der Waals surface area contributed by atoms with E-state index in [9.17, 15) is 14.7 Å². The van der Waals surface area contributed by atoms with Gasteiger partial charge in [0.15, 0.2) is 11.2 Å². The van der Waals surface area contributed by atoms with Crippen LogP contribution >= 0.6 is 12.2 Å². The zero-order valence-corrected chi connectivity index (χ0v) is 13.0. The summed E-state index contributed by atoms with van der Waals surface area (Å²) in [7, 11) is 0. The first-order chi connectivity index (χ1) is 10.5. The summed E-state index contributed by atoms with van der Waals surface area (Å²) in [5, 5.41) is 10.4. The highest BCUT2D eigenvalue weighted by Gasteiger charge is 2.22. The summed E-state index contributed by atoms with van der Waals surface area (Å²) in [4.78, 5) is 25.4. The first-order valence-electron chi connectivity index (χ1n) is 6.94. The lowest BCUT2D eigenvalue weighted by atomic mass is 10.1. The number of nitrogens with one attached hydrogen (secondary N) is 1. The zero-order chi connectivity index (χ0) is 16.1. The molecule has 0 spiro atoms. The van der Waals surface area contributed by atoms with Gasteiger partial charge in [0.05, 0.1) is 0 Å². The van der Waals surface area contributed by atoms with Crippen LogP contribution in [0.25, 0.3) is 10.9 Å². The minimum atomic E-state index is -1.07. The summed E-state index contributed by atoms with van der Waals surface area (Å²) in [6.45, 7) is 1.46. The Morgan fingerprint density at radius 3 is 2.73 bits per heavy atom. The zero-order valence-electron chi connectivity index (χ0n) is 12.2. The molecule has 5 nitrogen and oxygen atoms in total. The van der Waals surface area contributed by atoms with Gasteiger partial charge in [-0.1, -0.05) is 18.2 Å². The van der Waals surface area contributed by atoms with E-state index >= 15 is 0 Å². The van der Waals surface area contributed by atoms with Gasteiger partial charge < -0.3 is 19.6 Å². The highest BCUT2D eigenvalue weighted by molar-refractivity contribution is 7.80. The fourth-order valence-corrected chi connectivity index (χ4v) is 2.39.